The highest BCUT2D eigenvalue weighted by atomic mass is 16.5. The van der Waals surface area contributed by atoms with Crippen LogP contribution in [-0.4, -0.2) is 18.4 Å². The van der Waals surface area contributed by atoms with Gasteiger partial charge in [-0.2, -0.15) is 0 Å². The first kappa shape index (κ1) is 18.2. The Morgan fingerprint density at radius 3 is 2.56 bits per heavy atom. The predicted molar refractivity (Wildman–Crippen MR) is 99.4 cm³/mol. The van der Waals surface area contributed by atoms with Crippen LogP contribution in [0.15, 0.2) is 63.8 Å². The molecule has 0 atom stereocenters. The minimum Gasteiger partial charge on any atom is -0.494 e. The number of ether oxygens (including phenoxy) is 1. The van der Waals surface area contributed by atoms with Crippen molar-refractivity contribution in [3.05, 3.63) is 76.1 Å². The molecule has 138 valence electrons. The average molecular weight is 366 g/mol. The van der Waals surface area contributed by atoms with Crippen molar-refractivity contribution >= 4 is 22.8 Å². The molecule has 0 spiro atoms. The van der Waals surface area contributed by atoms with Crippen molar-refractivity contribution < 1.29 is 18.7 Å². The maximum atomic E-state index is 12.4. The van der Waals surface area contributed by atoms with Crippen LogP contribution in [0.1, 0.15) is 22.8 Å². The summed E-state index contributed by atoms with van der Waals surface area (Å²) in [5, 5.41) is 0.438. The van der Waals surface area contributed by atoms with Gasteiger partial charge in [0, 0.05) is 17.5 Å². The lowest BCUT2D eigenvalue weighted by molar-refractivity contribution is -0.121. The zero-order valence-electron chi connectivity index (χ0n) is 14.7. The van der Waals surface area contributed by atoms with Crippen molar-refractivity contribution in [2.75, 3.05) is 6.61 Å². The highest BCUT2D eigenvalue weighted by Crippen LogP contribution is 2.22. The molecule has 2 aromatic carbocycles. The molecule has 0 unspecified atom stereocenters. The summed E-state index contributed by atoms with van der Waals surface area (Å²) in [5.41, 5.74) is 5.16. The van der Waals surface area contributed by atoms with Crippen LogP contribution in [0.25, 0.3) is 11.0 Å². The summed E-state index contributed by atoms with van der Waals surface area (Å²) in [7, 11) is 0. The van der Waals surface area contributed by atoms with Crippen LogP contribution >= 0.6 is 0 Å². The Bertz CT molecular complexity index is 1030. The molecule has 2 amide bonds. The summed E-state index contributed by atoms with van der Waals surface area (Å²) >= 11 is 0. The number of benzene rings is 2. The molecular formula is C20H18N2O5. The maximum absolute atomic E-state index is 12.4. The zero-order chi connectivity index (χ0) is 19.2. The van der Waals surface area contributed by atoms with Crippen LogP contribution in [0.5, 0.6) is 5.75 Å². The highest BCUT2D eigenvalue weighted by Gasteiger charge is 2.15. The number of carbonyl (C=O) groups is 2. The molecule has 0 bridgehead atoms. The number of hydrogen-bond acceptors (Lipinski definition) is 5. The third kappa shape index (κ3) is 4.52. The van der Waals surface area contributed by atoms with Crippen LogP contribution in [-0.2, 0) is 11.2 Å². The first-order valence-corrected chi connectivity index (χ1v) is 8.40. The monoisotopic (exact) mass is 366 g/mol. The van der Waals surface area contributed by atoms with Gasteiger partial charge in [-0.3, -0.25) is 20.4 Å². The standard InChI is InChI=1S/C20H18N2O5/c1-2-26-14-8-9-15-16(12-19(24)27-17(15)11-14)20(25)22-21-18(23)10-13-6-4-3-5-7-13/h3-9,11-12H,2,10H2,1H3,(H,21,23)(H,22,25). The summed E-state index contributed by atoms with van der Waals surface area (Å²) in [6.07, 6.45) is 0.122. The largest absolute Gasteiger partial charge is 0.494 e. The molecule has 0 saturated carbocycles. The van der Waals surface area contributed by atoms with Gasteiger partial charge in [-0.05, 0) is 24.6 Å². The van der Waals surface area contributed by atoms with Crippen molar-refractivity contribution in [2.24, 2.45) is 0 Å². The fraction of sp³-hybridized carbons (Fsp3) is 0.150. The number of nitrogens with one attached hydrogen (secondary N) is 2. The van der Waals surface area contributed by atoms with Gasteiger partial charge >= 0.3 is 5.63 Å². The number of hydrazine groups is 1. The summed E-state index contributed by atoms with van der Waals surface area (Å²) < 4.78 is 10.5. The highest BCUT2D eigenvalue weighted by molar-refractivity contribution is 6.06. The van der Waals surface area contributed by atoms with E-state index in [2.05, 4.69) is 10.9 Å². The number of fused-ring (bicyclic) bond motifs is 1. The van der Waals surface area contributed by atoms with E-state index in [1.54, 1.807) is 18.2 Å². The van der Waals surface area contributed by atoms with Crippen LogP contribution in [0, 0.1) is 0 Å². The SMILES string of the molecule is CCOc1ccc2c(C(=O)NNC(=O)Cc3ccccc3)cc(=O)oc2c1. The minimum absolute atomic E-state index is 0.101. The van der Waals surface area contributed by atoms with Crippen molar-refractivity contribution in [3.63, 3.8) is 0 Å². The van der Waals surface area contributed by atoms with Gasteiger partial charge < -0.3 is 9.15 Å². The van der Waals surface area contributed by atoms with Crippen molar-refractivity contribution in [2.45, 2.75) is 13.3 Å². The number of carbonyl (C=O) groups excluding carboxylic acids is 2. The minimum atomic E-state index is -0.670. The van der Waals surface area contributed by atoms with Crippen LogP contribution in [0.2, 0.25) is 0 Å². The van der Waals surface area contributed by atoms with E-state index in [1.165, 1.54) is 0 Å². The predicted octanol–water partition coefficient (Wildman–Crippen LogP) is 2.20. The lowest BCUT2D eigenvalue weighted by atomic mass is 10.1. The van der Waals surface area contributed by atoms with E-state index < -0.39 is 11.5 Å². The van der Waals surface area contributed by atoms with E-state index in [9.17, 15) is 14.4 Å². The molecule has 0 radical (unpaired) electrons. The smallest absolute Gasteiger partial charge is 0.337 e. The second kappa shape index (κ2) is 8.18. The maximum Gasteiger partial charge on any atom is 0.337 e. The van der Waals surface area contributed by atoms with Gasteiger partial charge in [0.2, 0.25) is 5.91 Å². The number of amides is 2. The van der Waals surface area contributed by atoms with Gasteiger partial charge in [0.15, 0.2) is 0 Å². The van der Waals surface area contributed by atoms with Crippen LogP contribution < -0.4 is 21.2 Å². The molecule has 3 aromatic rings. The van der Waals surface area contributed by atoms with Crippen molar-refractivity contribution in [1.29, 1.82) is 0 Å². The quantitative estimate of drug-likeness (QED) is 0.533. The Morgan fingerprint density at radius 2 is 1.81 bits per heavy atom. The van der Waals surface area contributed by atoms with Gasteiger partial charge in [-0.25, -0.2) is 4.79 Å². The molecule has 27 heavy (non-hydrogen) atoms. The third-order valence-electron chi connectivity index (χ3n) is 3.79. The van der Waals surface area contributed by atoms with Crippen molar-refractivity contribution in [3.8, 4) is 5.75 Å². The Labute approximate surface area is 154 Å². The molecular weight excluding hydrogens is 348 g/mol. The Hall–Kier alpha value is -3.61. The fourth-order valence-corrected chi connectivity index (χ4v) is 2.61. The Morgan fingerprint density at radius 1 is 1.04 bits per heavy atom. The topological polar surface area (TPSA) is 97.6 Å². The van der Waals surface area contributed by atoms with E-state index >= 15 is 0 Å². The summed E-state index contributed by atoms with van der Waals surface area (Å²) in [6.45, 7) is 2.30. The average Bonchev–Trinajstić information content (AvgIpc) is 2.66. The Balaban J connectivity index is 1.75. The van der Waals surface area contributed by atoms with E-state index in [1.807, 2.05) is 37.3 Å². The number of hydrogen-bond donors (Lipinski definition) is 2. The van der Waals surface area contributed by atoms with E-state index in [0.717, 1.165) is 11.6 Å². The lowest BCUT2D eigenvalue weighted by Crippen LogP contribution is -2.42. The molecule has 1 aromatic heterocycles. The third-order valence-corrected chi connectivity index (χ3v) is 3.79. The van der Waals surface area contributed by atoms with E-state index in [4.69, 9.17) is 9.15 Å². The summed E-state index contributed by atoms with van der Waals surface area (Å²) in [5.74, 6) is -0.458. The first-order chi connectivity index (χ1) is 13.1. The molecule has 0 aliphatic heterocycles. The molecule has 7 nitrogen and oxygen atoms in total. The summed E-state index contributed by atoms with van der Waals surface area (Å²) in [4.78, 5) is 36.2. The second-order valence-electron chi connectivity index (χ2n) is 5.73. The molecule has 0 saturated heterocycles. The molecule has 3 rings (SSSR count). The van der Waals surface area contributed by atoms with Gasteiger partial charge in [-0.15, -0.1) is 0 Å². The van der Waals surface area contributed by atoms with Crippen molar-refractivity contribution in [1.82, 2.24) is 10.9 Å². The molecule has 0 aliphatic rings. The summed E-state index contributed by atoms with van der Waals surface area (Å²) in [6, 6.07) is 15.1. The van der Waals surface area contributed by atoms with Crippen LogP contribution in [0.3, 0.4) is 0 Å². The van der Waals surface area contributed by atoms with Gasteiger partial charge in [0.05, 0.1) is 18.6 Å². The van der Waals surface area contributed by atoms with E-state index in [0.29, 0.717) is 17.7 Å². The fourth-order valence-electron chi connectivity index (χ4n) is 2.61. The normalized spacial score (nSPS) is 10.4. The molecule has 2 N–H and O–H groups in total. The Kier molecular flexibility index (Phi) is 5.51. The van der Waals surface area contributed by atoms with Gasteiger partial charge in [0.1, 0.15) is 11.3 Å². The van der Waals surface area contributed by atoms with E-state index in [-0.39, 0.29) is 23.5 Å². The second-order valence-corrected chi connectivity index (χ2v) is 5.73. The number of rotatable bonds is 5. The van der Waals surface area contributed by atoms with Gasteiger partial charge in [0.25, 0.3) is 5.91 Å². The van der Waals surface area contributed by atoms with Gasteiger partial charge in [-0.1, -0.05) is 30.3 Å². The molecule has 7 heteroatoms. The van der Waals surface area contributed by atoms with Crippen LogP contribution in [0.4, 0.5) is 0 Å². The first-order valence-electron chi connectivity index (χ1n) is 8.40. The lowest BCUT2D eigenvalue weighted by Gasteiger charge is -2.10. The zero-order valence-corrected chi connectivity index (χ0v) is 14.7. The molecule has 0 aliphatic carbocycles. The molecule has 1 heterocycles. The molecule has 0 fully saturated rings.